The molecule has 2 aliphatic rings. The van der Waals surface area contributed by atoms with Crippen molar-refractivity contribution in [2.75, 3.05) is 32.7 Å². The average Bonchev–Trinajstić information content (AvgIpc) is 2.44. The molecule has 2 aliphatic heterocycles. The van der Waals surface area contributed by atoms with Gasteiger partial charge >= 0.3 is 0 Å². The molecule has 0 bridgehead atoms. The number of hydrogen-bond acceptors (Lipinski definition) is 2. The van der Waals surface area contributed by atoms with Crippen LogP contribution >= 0.6 is 0 Å². The summed E-state index contributed by atoms with van der Waals surface area (Å²) < 4.78 is 0. The molecule has 0 aliphatic carbocycles. The van der Waals surface area contributed by atoms with Gasteiger partial charge in [0.05, 0.1) is 0 Å². The molecular formula is C18H38N2. The highest BCUT2D eigenvalue weighted by atomic mass is 15.2. The fourth-order valence-electron chi connectivity index (χ4n) is 3.74. The summed E-state index contributed by atoms with van der Waals surface area (Å²) >= 11 is 0. The summed E-state index contributed by atoms with van der Waals surface area (Å²) in [6.45, 7) is 20.0. The van der Waals surface area contributed by atoms with Crippen molar-refractivity contribution < 1.29 is 0 Å². The Kier molecular flexibility index (Phi) is 7.53. The van der Waals surface area contributed by atoms with Crippen LogP contribution in [0.3, 0.4) is 0 Å². The number of likely N-dealkylation sites (tertiary alicyclic amines) is 2. The topological polar surface area (TPSA) is 6.48 Å². The van der Waals surface area contributed by atoms with Crippen molar-refractivity contribution >= 4 is 0 Å². The van der Waals surface area contributed by atoms with Crippen LogP contribution in [0.2, 0.25) is 0 Å². The van der Waals surface area contributed by atoms with Crippen LogP contribution in [0.5, 0.6) is 0 Å². The second-order valence-corrected chi connectivity index (χ2v) is 7.32. The highest BCUT2D eigenvalue weighted by molar-refractivity contribution is 4.91. The first-order chi connectivity index (χ1) is 9.51. The van der Waals surface area contributed by atoms with Crippen molar-refractivity contribution in [1.82, 2.24) is 9.80 Å². The van der Waals surface area contributed by atoms with E-state index in [1.54, 1.807) is 0 Å². The molecule has 0 aromatic rings. The van der Waals surface area contributed by atoms with E-state index in [0.717, 1.165) is 12.0 Å². The third kappa shape index (κ3) is 5.04. The fraction of sp³-hybridized carbons (Fsp3) is 1.00. The van der Waals surface area contributed by atoms with Crippen LogP contribution in [-0.2, 0) is 0 Å². The zero-order valence-electron chi connectivity index (χ0n) is 14.9. The van der Waals surface area contributed by atoms with E-state index in [9.17, 15) is 0 Å². The van der Waals surface area contributed by atoms with Gasteiger partial charge in [-0.2, -0.15) is 0 Å². The zero-order valence-corrected chi connectivity index (χ0v) is 14.9. The van der Waals surface area contributed by atoms with Gasteiger partial charge in [-0.25, -0.2) is 0 Å². The molecule has 1 spiro atoms. The smallest absolute Gasteiger partial charge is 0.00385 e. The number of nitrogens with zero attached hydrogens (tertiary/aromatic N) is 2. The monoisotopic (exact) mass is 282 g/mol. The largest absolute Gasteiger partial charge is 0.303 e. The predicted octanol–water partition coefficient (Wildman–Crippen LogP) is 4.26. The van der Waals surface area contributed by atoms with Crippen molar-refractivity contribution in [3.63, 3.8) is 0 Å². The normalized spacial score (nSPS) is 24.0. The van der Waals surface area contributed by atoms with E-state index >= 15 is 0 Å². The van der Waals surface area contributed by atoms with Crippen molar-refractivity contribution in [1.29, 1.82) is 0 Å². The maximum absolute atomic E-state index is 2.69. The van der Waals surface area contributed by atoms with Gasteiger partial charge in [-0.05, 0) is 77.0 Å². The van der Waals surface area contributed by atoms with E-state index in [2.05, 4.69) is 37.5 Å². The summed E-state index contributed by atoms with van der Waals surface area (Å²) in [7, 11) is 0. The summed E-state index contributed by atoms with van der Waals surface area (Å²) in [6, 6.07) is 0.739. The lowest BCUT2D eigenvalue weighted by Crippen LogP contribution is -2.48. The van der Waals surface area contributed by atoms with E-state index in [4.69, 9.17) is 0 Å². The summed E-state index contributed by atoms with van der Waals surface area (Å²) in [5.41, 5.74) is 0.707. The first-order valence-electron chi connectivity index (χ1n) is 8.97. The van der Waals surface area contributed by atoms with Gasteiger partial charge in [0.1, 0.15) is 0 Å². The van der Waals surface area contributed by atoms with Crippen LogP contribution < -0.4 is 0 Å². The summed E-state index contributed by atoms with van der Waals surface area (Å²) in [4.78, 5) is 5.34. The molecule has 0 N–H and O–H groups in total. The van der Waals surface area contributed by atoms with Crippen LogP contribution in [0, 0.1) is 11.3 Å². The highest BCUT2D eigenvalue weighted by Gasteiger charge is 2.37. The molecule has 2 nitrogen and oxygen atoms in total. The Hall–Kier alpha value is -0.0800. The van der Waals surface area contributed by atoms with Crippen LogP contribution in [-0.4, -0.2) is 48.6 Å². The molecule has 120 valence electrons. The molecule has 0 saturated carbocycles. The molecule has 2 heterocycles. The third-order valence-corrected chi connectivity index (χ3v) is 5.13. The molecule has 0 aromatic carbocycles. The lowest BCUT2D eigenvalue weighted by atomic mass is 9.71. The minimum Gasteiger partial charge on any atom is -0.303 e. The Bertz CT molecular complexity index is 242. The summed E-state index contributed by atoms with van der Waals surface area (Å²) in [5, 5.41) is 0. The van der Waals surface area contributed by atoms with Crippen molar-refractivity contribution in [2.24, 2.45) is 11.3 Å². The van der Waals surface area contributed by atoms with E-state index in [1.165, 1.54) is 58.4 Å². The number of hydrogen-bond donors (Lipinski definition) is 0. The van der Waals surface area contributed by atoms with E-state index in [-0.39, 0.29) is 0 Å². The van der Waals surface area contributed by atoms with Crippen molar-refractivity contribution in [2.45, 2.75) is 73.3 Å². The van der Waals surface area contributed by atoms with E-state index in [0.29, 0.717) is 5.41 Å². The molecule has 2 rings (SSSR count). The highest BCUT2D eigenvalue weighted by Crippen LogP contribution is 2.41. The Morgan fingerprint density at radius 1 is 0.800 bits per heavy atom. The van der Waals surface area contributed by atoms with Gasteiger partial charge in [0.25, 0.3) is 0 Å². The van der Waals surface area contributed by atoms with Gasteiger partial charge in [0.15, 0.2) is 0 Å². The Morgan fingerprint density at radius 3 is 1.65 bits per heavy atom. The minimum absolute atomic E-state index is 0.707. The van der Waals surface area contributed by atoms with E-state index in [1.807, 2.05) is 13.8 Å². The van der Waals surface area contributed by atoms with Crippen LogP contribution in [0.1, 0.15) is 67.2 Å². The lowest BCUT2D eigenvalue weighted by Gasteiger charge is -2.48. The SMILES string of the molecule is CC.CC(C)CN1CCC2(CC1)CCN(C(C)C)CC2. The molecule has 20 heavy (non-hydrogen) atoms. The Morgan fingerprint density at radius 2 is 1.25 bits per heavy atom. The molecule has 2 heteroatoms. The number of rotatable bonds is 3. The molecular weight excluding hydrogens is 244 g/mol. The Balaban J connectivity index is 0.000000956. The average molecular weight is 283 g/mol. The maximum atomic E-state index is 2.69. The Labute approximate surface area is 127 Å². The standard InChI is InChI=1S/C16H32N2.C2H6/c1-14(2)13-17-9-5-16(6-10-17)7-11-18(12-8-16)15(3)4;1-2/h14-15H,5-13H2,1-4H3;1-2H3. The van der Waals surface area contributed by atoms with Crippen LogP contribution in [0.15, 0.2) is 0 Å². The quantitative estimate of drug-likeness (QED) is 0.763. The summed E-state index contributed by atoms with van der Waals surface area (Å²) in [5.74, 6) is 0.821. The second-order valence-electron chi connectivity index (χ2n) is 7.32. The maximum Gasteiger partial charge on any atom is 0.00385 e. The third-order valence-electron chi connectivity index (χ3n) is 5.13. The molecule has 0 amide bonds. The molecule has 0 atom stereocenters. The van der Waals surface area contributed by atoms with Crippen LogP contribution in [0.25, 0.3) is 0 Å². The molecule has 0 radical (unpaired) electrons. The molecule has 2 saturated heterocycles. The van der Waals surface area contributed by atoms with Crippen molar-refractivity contribution in [3.8, 4) is 0 Å². The first kappa shape index (κ1) is 18.0. The fourth-order valence-corrected chi connectivity index (χ4v) is 3.74. The molecule has 0 aromatic heterocycles. The van der Waals surface area contributed by atoms with E-state index < -0.39 is 0 Å². The van der Waals surface area contributed by atoms with Gasteiger partial charge in [-0.15, -0.1) is 0 Å². The first-order valence-corrected chi connectivity index (χ1v) is 8.97. The summed E-state index contributed by atoms with van der Waals surface area (Å²) in [6.07, 6.45) is 5.79. The van der Waals surface area contributed by atoms with Crippen LogP contribution in [0.4, 0.5) is 0 Å². The van der Waals surface area contributed by atoms with Gasteiger partial charge in [0, 0.05) is 12.6 Å². The van der Waals surface area contributed by atoms with Gasteiger partial charge < -0.3 is 9.80 Å². The minimum atomic E-state index is 0.707. The van der Waals surface area contributed by atoms with Crippen molar-refractivity contribution in [3.05, 3.63) is 0 Å². The predicted molar refractivity (Wildman–Crippen MR) is 90.2 cm³/mol. The van der Waals surface area contributed by atoms with Gasteiger partial charge in [-0.3, -0.25) is 0 Å². The number of piperidine rings is 2. The molecule has 0 unspecified atom stereocenters. The molecule has 2 fully saturated rings. The zero-order chi connectivity index (χ0) is 15.2. The second kappa shape index (κ2) is 8.38. The van der Waals surface area contributed by atoms with Gasteiger partial charge in [-0.1, -0.05) is 27.7 Å². The van der Waals surface area contributed by atoms with Gasteiger partial charge in [0.2, 0.25) is 0 Å². The lowest BCUT2D eigenvalue weighted by molar-refractivity contribution is 0.0223.